The molecule has 0 atom stereocenters. The minimum Gasteiger partial charge on any atom is -0.383 e. The SMILES string of the molecule is Nc1ncccc1Cn1cc(Br)c(=O)c([N+](=O)[O-])c1. The molecule has 0 saturated heterocycles. The van der Waals surface area contributed by atoms with Gasteiger partial charge in [-0.1, -0.05) is 6.07 Å². The van der Waals surface area contributed by atoms with Crippen molar-refractivity contribution >= 4 is 27.4 Å². The highest BCUT2D eigenvalue weighted by Crippen LogP contribution is 2.14. The van der Waals surface area contributed by atoms with Crippen molar-refractivity contribution < 1.29 is 4.92 Å². The topological polar surface area (TPSA) is 104 Å². The van der Waals surface area contributed by atoms with Gasteiger partial charge in [0.25, 0.3) is 5.43 Å². The number of halogens is 1. The lowest BCUT2D eigenvalue weighted by atomic mass is 10.2. The number of hydrogen-bond acceptors (Lipinski definition) is 5. The first-order chi connectivity index (χ1) is 8.99. The summed E-state index contributed by atoms with van der Waals surface area (Å²) in [5.74, 6) is 0.347. The summed E-state index contributed by atoms with van der Waals surface area (Å²) in [5.41, 5.74) is 5.28. The Balaban J connectivity index is 2.45. The molecule has 98 valence electrons. The summed E-state index contributed by atoms with van der Waals surface area (Å²) < 4.78 is 1.64. The van der Waals surface area contributed by atoms with Crippen molar-refractivity contribution in [1.29, 1.82) is 0 Å². The van der Waals surface area contributed by atoms with Gasteiger partial charge in [-0.05, 0) is 22.0 Å². The van der Waals surface area contributed by atoms with Crippen LogP contribution < -0.4 is 11.2 Å². The third-order valence-electron chi connectivity index (χ3n) is 2.49. The van der Waals surface area contributed by atoms with E-state index in [9.17, 15) is 14.9 Å². The molecule has 0 unspecified atom stereocenters. The predicted molar refractivity (Wildman–Crippen MR) is 72.8 cm³/mol. The zero-order valence-electron chi connectivity index (χ0n) is 9.62. The first-order valence-electron chi connectivity index (χ1n) is 5.22. The molecule has 0 aromatic carbocycles. The first-order valence-corrected chi connectivity index (χ1v) is 6.01. The van der Waals surface area contributed by atoms with Crippen LogP contribution in [-0.2, 0) is 6.54 Å². The van der Waals surface area contributed by atoms with Crippen LogP contribution in [0.25, 0.3) is 0 Å². The average Bonchev–Trinajstić information content (AvgIpc) is 2.36. The summed E-state index contributed by atoms with van der Waals surface area (Å²) in [7, 11) is 0. The Hall–Kier alpha value is -2.22. The van der Waals surface area contributed by atoms with Gasteiger partial charge < -0.3 is 10.3 Å². The number of anilines is 1. The van der Waals surface area contributed by atoms with Crippen molar-refractivity contribution in [2.24, 2.45) is 0 Å². The molecule has 19 heavy (non-hydrogen) atoms. The molecule has 0 aliphatic rings. The van der Waals surface area contributed by atoms with Crippen molar-refractivity contribution in [2.45, 2.75) is 6.54 Å². The summed E-state index contributed by atoms with van der Waals surface area (Å²) in [6, 6.07) is 3.48. The Bertz CT molecular complexity index is 699. The van der Waals surface area contributed by atoms with E-state index in [4.69, 9.17) is 5.73 Å². The molecule has 2 N–H and O–H groups in total. The second-order valence-corrected chi connectivity index (χ2v) is 4.65. The maximum Gasteiger partial charge on any atom is 0.333 e. The molecule has 0 bridgehead atoms. The van der Waals surface area contributed by atoms with E-state index in [0.29, 0.717) is 17.9 Å². The van der Waals surface area contributed by atoms with Crippen molar-refractivity contribution in [1.82, 2.24) is 9.55 Å². The molecule has 0 aliphatic carbocycles. The summed E-state index contributed by atoms with van der Waals surface area (Å²) >= 11 is 3.01. The lowest BCUT2D eigenvalue weighted by Gasteiger charge is -2.08. The highest BCUT2D eigenvalue weighted by atomic mass is 79.9. The number of nitro groups is 1. The smallest absolute Gasteiger partial charge is 0.333 e. The molecular weight excluding hydrogens is 316 g/mol. The van der Waals surface area contributed by atoms with E-state index in [-0.39, 0.29) is 4.47 Å². The lowest BCUT2D eigenvalue weighted by Crippen LogP contribution is -2.14. The Labute approximate surface area is 116 Å². The van der Waals surface area contributed by atoms with Gasteiger partial charge in [-0.15, -0.1) is 0 Å². The largest absolute Gasteiger partial charge is 0.383 e. The molecule has 0 spiro atoms. The van der Waals surface area contributed by atoms with Crippen molar-refractivity contribution in [2.75, 3.05) is 5.73 Å². The lowest BCUT2D eigenvalue weighted by molar-refractivity contribution is -0.386. The van der Waals surface area contributed by atoms with Crippen LogP contribution >= 0.6 is 15.9 Å². The quantitative estimate of drug-likeness (QED) is 0.681. The highest BCUT2D eigenvalue weighted by molar-refractivity contribution is 9.10. The number of hydrogen-bond donors (Lipinski definition) is 1. The Morgan fingerprint density at radius 1 is 1.47 bits per heavy atom. The molecule has 0 aliphatic heterocycles. The average molecular weight is 325 g/mol. The second-order valence-electron chi connectivity index (χ2n) is 3.80. The van der Waals surface area contributed by atoms with Gasteiger partial charge in [0.15, 0.2) is 0 Å². The zero-order chi connectivity index (χ0) is 14.0. The number of nitrogens with zero attached hydrogens (tertiary/aromatic N) is 3. The third kappa shape index (κ3) is 2.79. The highest BCUT2D eigenvalue weighted by Gasteiger charge is 2.16. The fraction of sp³-hybridized carbons (Fsp3) is 0.0909. The van der Waals surface area contributed by atoms with Gasteiger partial charge in [0.1, 0.15) is 5.82 Å². The first kappa shape index (κ1) is 13.2. The fourth-order valence-corrected chi connectivity index (χ4v) is 2.05. The van der Waals surface area contributed by atoms with E-state index < -0.39 is 16.0 Å². The van der Waals surface area contributed by atoms with Crippen LogP contribution in [0.3, 0.4) is 0 Å². The van der Waals surface area contributed by atoms with E-state index in [0.717, 1.165) is 0 Å². The molecule has 0 saturated carbocycles. The van der Waals surface area contributed by atoms with Gasteiger partial charge in [-0.25, -0.2) is 4.98 Å². The van der Waals surface area contributed by atoms with E-state index in [1.807, 2.05) is 0 Å². The van der Waals surface area contributed by atoms with E-state index in [1.165, 1.54) is 17.0 Å². The molecule has 2 heterocycles. The van der Waals surface area contributed by atoms with Crippen molar-refractivity contribution in [3.05, 3.63) is 61.1 Å². The van der Waals surface area contributed by atoms with Crippen LogP contribution in [0.1, 0.15) is 5.56 Å². The van der Waals surface area contributed by atoms with Gasteiger partial charge in [-0.3, -0.25) is 14.9 Å². The molecular formula is C11H9BrN4O3. The van der Waals surface area contributed by atoms with Gasteiger partial charge in [0.05, 0.1) is 22.1 Å². The standard InChI is InChI=1S/C11H9BrN4O3/c12-8-5-15(6-9(10(8)17)16(18)19)4-7-2-1-3-14-11(7)13/h1-3,5-6H,4H2,(H2,13,14). The number of nitrogen functional groups attached to an aromatic ring is 1. The molecule has 0 amide bonds. The summed E-state index contributed by atoms with van der Waals surface area (Å²) in [6.07, 6.45) is 4.21. The molecule has 7 nitrogen and oxygen atoms in total. The molecule has 8 heteroatoms. The van der Waals surface area contributed by atoms with Crippen LogP contribution in [-0.4, -0.2) is 14.5 Å². The van der Waals surface area contributed by atoms with Gasteiger partial charge in [0.2, 0.25) is 0 Å². The molecule has 2 aromatic rings. The molecule has 0 fully saturated rings. The van der Waals surface area contributed by atoms with Crippen LogP contribution in [0.5, 0.6) is 0 Å². The predicted octanol–water partition coefficient (Wildman–Crippen LogP) is 1.54. The van der Waals surface area contributed by atoms with Crippen LogP contribution in [0, 0.1) is 10.1 Å². The maximum absolute atomic E-state index is 11.5. The Kier molecular flexibility index (Phi) is 3.61. The summed E-state index contributed by atoms with van der Waals surface area (Å²) in [5, 5.41) is 10.8. The normalized spacial score (nSPS) is 10.4. The zero-order valence-corrected chi connectivity index (χ0v) is 11.2. The minimum atomic E-state index is -0.712. The number of pyridine rings is 2. The Morgan fingerprint density at radius 3 is 2.84 bits per heavy atom. The van der Waals surface area contributed by atoms with Crippen LogP contribution in [0.2, 0.25) is 0 Å². The number of aromatic nitrogens is 2. The number of nitrogens with two attached hydrogens (primary N) is 1. The molecule has 2 rings (SSSR count). The van der Waals surface area contributed by atoms with E-state index in [2.05, 4.69) is 20.9 Å². The minimum absolute atomic E-state index is 0.129. The van der Waals surface area contributed by atoms with Gasteiger partial charge >= 0.3 is 5.69 Å². The third-order valence-corrected chi connectivity index (χ3v) is 3.06. The summed E-state index contributed by atoms with van der Waals surface area (Å²) in [4.78, 5) is 25.5. The van der Waals surface area contributed by atoms with Crippen LogP contribution in [0.15, 0.2) is 40.0 Å². The summed E-state index contributed by atoms with van der Waals surface area (Å²) in [6.45, 7) is 0.291. The van der Waals surface area contributed by atoms with E-state index in [1.54, 1.807) is 18.3 Å². The van der Waals surface area contributed by atoms with Crippen molar-refractivity contribution in [3.8, 4) is 0 Å². The maximum atomic E-state index is 11.5. The van der Waals surface area contributed by atoms with Crippen LogP contribution in [0.4, 0.5) is 11.5 Å². The van der Waals surface area contributed by atoms with E-state index >= 15 is 0 Å². The molecule has 2 aromatic heterocycles. The number of rotatable bonds is 3. The second kappa shape index (κ2) is 5.19. The van der Waals surface area contributed by atoms with Gasteiger partial charge in [-0.2, -0.15) is 0 Å². The van der Waals surface area contributed by atoms with Crippen molar-refractivity contribution in [3.63, 3.8) is 0 Å². The monoisotopic (exact) mass is 324 g/mol. The fourth-order valence-electron chi connectivity index (χ4n) is 1.58. The van der Waals surface area contributed by atoms with Gasteiger partial charge in [0, 0.05) is 18.0 Å². The molecule has 0 radical (unpaired) electrons. The Morgan fingerprint density at radius 2 is 2.21 bits per heavy atom.